The van der Waals surface area contributed by atoms with Gasteiger partial charge in [0.25, 0.3) is 0 Å². The predicted octanol–water partition coefficient (Wildman–Crippen LogP) is 14.7. The average Bonchev–Trinajstić information content (AvgIpc) is 4.46. The highest BCUT2D eigenvalue weighted by Gasteiger charge is 2.31. The maximum atomic E-state index is 14.0. The third-order valence-corrected chi connectivity index (χ3v) is 12.6. The molecule has 0 aliphatic carbocycles. The third-order valence-electron chi connectivity index (χ3n) is 12.6. The number of fused-ring (bicyclic) bond motifs is 8. The summed E-state index contributed by atoms with van der Waals surface area (Å²) < 4.78 is 27.4. The topological polar surface area (TPSA) is 152 Å². The molecule has 7 aromatic rings. The van der Waals surface area contributed by atoms with Crippen molar-refractivity contribution in [1.82, 2.24) is 19.5 Å². The summed E-state index contributed by atoms with van der Waals surface area (Å²) in [7, 11) is 0. The number of para-hydroxylation sites is 5. The number of esters is 4. The van der Waals surface area contributed by atoms with Gasteiger partial charge in [0.15, 0.2) is 5.75 Å². The molecule has 9 rings (SSSR count). The van der Waals surface area contributed by atoms with Gasteiger partial charge in [-0.1, -0.05) is 146 Å². The second kappa shape index (κ2) is 26.4. The number of aromatic amines is 1. The Bertz CT molecular complexity index is 3900. The predicted molar refractivity (Wildman–Crippen MR) is 327 cm³/mol. The summed E-state index contributed by atoms with van der Waals surface area (Å²) in [6.45, 7) is 15.7. The van der Waals surface area contributed by atoms with Gasteiger partial charge in [0.1, 0.15) is 17.2 Å². The zero-order valence-corrected chi connectivity index (χ0v) is 46.0. The third kappa shape index (κ3) is 14.3. The van der Waals surface area contributed by atoms with Crippen LogP contribution in [0.15, 0.2) is 176 Å². The van der Waals surface area contributed by atoms with Gasteiger partial charge in [0.05, 0.1) is 39.5 Å². The van der Waals surface area contributed by atoms with Crippen molar-refractivity contribution in [1.29, 1.82) is 0 Å². The number of benzene rings is 4. The molecule has 13 heteroatoms. The molecular formula is C68H64MgN4O8. The second-order valence-electron chi connectivity index (χ2n) is 20.6. The fraction of sp³-hybridized carbons (Fsp3) is 0.176. The van der Waals surface area contributed by atoms with E-state index in [1.54, 1.807) is 72.8 Å². The number of allylic oxidation sites excluding steroid dienone is 4. The first kappa shape index (κ1) is 58.2. The first-order chi connectivity index (χ1) is 38.6. The first-order valence-electron chi connectivity index (χ1n) is 26.7. The molecule has 12 nitrogen and oxygen atoms in total. The van der Waals surface area contributed by atoms with Crippen molar-refractivity contribution >= 4 is 93.3 Å². The lowest BCUT2D eigenvalue weighted by atomic mass is 9.92. The minimum absolute atomic E-state index is 0. The van der Waals surface area contributed by atoms with Crippen molar-refractivity contribution < 1.29 is 38.1 Å². The number of hydrogen-bond donors (Lipinski definition) is 1. The van der Waals surface area contributed by atoms with Crippen molar-refractivity contribution in [3.05, 3.63) is 199 Å². The first-order valence-corrected chi connectivity index (χ1v) is 26.7. The van der Waals surface area contributed by atoms with Crippen LogP contribution in [0.25, 0.3) is 85.4 Å². The molecular weight excluding hydrogens is 1030 g/mol. The SMILES string of the molecule is CC(C)C=CC(=O)Oc1ccccc1-c1c(-c2ccccc2OC(=O)C=CC(C)C)c2c(-c3ccccc3OC(=O)C=CC(C)C)c3nc(cc4ccc(cc5nc(cc1n2-c1ccccc1OC(=O)C=CC(C)C)C=C5)[nH]4)C=C3.[MgH2]. The van der Waals surface area contributed by atoms with Gasteiger partial charge in [0.2, 0.25) is 0 Å². The number of carbonyl (C=O) groups excluding carboxylic acids is 4. The van der Waals surface area contributed by atoms with Crippen LogP contribution in [0.4, 0.5) is 0 Å². The van der Waals surface area contributed by atoms with Crippen molar-refractivity contribution in [2.45, 2.75) is 55.4 Å². The average molecular weight is 1090 g/mol. The lowest BCUT2D eigenvalue weighted by Gasteiger charge is -2.18. The van der Waals surface area contributed by atoms with E-state index in [9.17, 15) is 19.2 Å². The lowest BCUT2D eigenvalue weighted by Crippen LogP contribution is -2.08. The minimum Gasteiger partial charge on any atom is -0.423 e. The van der Waals surface area contributed by atoms with Crippen molar-refractivity contribution in [2.75, 3.05) is 0 Å². The van der Waals surface area contributed by atoms with Crippen molar-refractivity contribution in [3.63, 3.8) is 0 Å². The molecule has 0 unspecified atom stereocenters. The van der Waals surface area contributed by atoms with E-state index in [0.29, 0.717) is 72.9 Å². The monoisotopic (exact) mass is 1090 g/mol. The Labute approximate surface area is 488 Å². The summed E-state index contributed by atoms with van der Waals surface area (Å²) in [4.78, 5) is 70.0. The number of carbonyl (C=O) groups is 4. The maximum absolute atomic E-state index is 14.0. The van der Waals surface area contributed by atoms with E-state index < -0.39 is 23.9 Å². The molecule has 0 spiro atoms. The van der Waals surface area contributed by atoms with Crippen LogP contribution >= 0.6 is 0 Å². The van der Waals surface area contributed by atoms with E-state index in [1.807, 2.05) is 163 Å². The number of nitrogens with zero attached hydrogens (tertiary/aromatic N) is 3. The number of aromatic nitrogens is 4. The molecule has 0 saturated carbocycles. The highest BCUT2D eigenvalue weighted by molar-refractivity contribution is 6.13. The second-order valence-corrected chi connectivity index (χ2v) is 20.6. The van der Waals surface area contributed by atoms with E-state index in [4.69, 9.17) is 28.9 Å². The highest BCUT2D eigenvalue weighted by atomic mass is 24.3. The van der Waals surface area contributed by atoms with Gasteiger partial charge in [-0.3, -0.25) is 0 Å². The van der Waals surface area contributed by atoms with Crippen LogP contribution in [-0.4, -0.2) is 66.4 Å². The Hall–Kier alpha value is -8.91. The molecule has 1 N–H and O–H groups in total. The lowest BCUT2D eigenvalue weighted by molar-refractivity contribution is -0.129. The number of hydrogen-bond acceptors (Lipinski definition) is 10. The highest BCUT2D eigenvalue weighted by Crippen LogP contribution is 2.52. The Morgan fingerprint density at radius 1 is 0.432 bits per heavy atom. The summed E-state index contributed by atoms with van der Waals surface area (Å²) in [6.07, 6.45) is 20.3. The molecule has 2 aliphatic heterocycles. The summed E-state index contributed by atoms with van der Waals surface area (Å²) in [5, 5.41) is 0. The molecule has 0 saturated heterocycles. The van der Waals surface area contributed by atoms with E-state index in [0.717, 1.165) is 11.0 Å². The van der Waals surface area contributed by atoms with E-state index >= 15 is 0 Å². The Morgan fingerprint density at radius 2 is 0.802 bits per heavy atom. The molecule has 5 heterocycles. The number of H-pyrrole nitrogens is 1. The quantitative estimate of drug-likeness (QED) is 0.0428. The van der Waals surface area contributed by atoms with E-state index in [1.165, 1.54) is 24.3 Å². The van der Waals surface area contributed by atoms with Crippen molar-refractivity contribution in [3.8, 4) is 62.1 Å². The molecule has 0 fully saturated rings. The molecule has 81 heavy (non-hydrogen) atoms. The number of nitrogens with one attached hydrogen (secondary N) is 1. The van der Waals surface area contributed by atoms with Crippen LogP contribution < -0.4 is 18.9 Å². The maximum Gasteiger partial charge on any atom is 0.335 e. The van der Waals surface area contributed by atoms with Crippen LogP contribution in [-0.2, 0) is 19.2 Å². The van der Waals surface area contributed by atoms with Crippen molar-refractivity contribution in [2.24, 2.45) is 23.7 Å². The fourth-order valence-corrected chi connectivity index (χ4v) is 9.01. The minimum atomic E-state index is -0.616. The van der Waals surface area contributed by atoms with Gasteiger partial charge in [-0.05, 0) is 109 Å². The Kier molecular flexibility index (Phi) is 19.0. The summed E-state index contributed by atoms with van der Waals surface area (Å²) in [6, 6.07) is 38.5. The zero-order valence-electron chi connectivity index (χ0n) is 46.0. The molecule has 4 aromatic carbocycles. The zero-order chi connectivity index (χ0) is 56.5. The van der Waals surface area contributed by atoms with Crippen LogP contribution in [0.2, 0.25) is 0 Å². The van der Waals surface area contributed by atoms with E-state index in [2.05, 4.69) is 4.98 Å². The van der Waals surface area contributed by atoms with Crippen LogP contribution in [0.5, 0.6) is 23.0 Å². The molecule has 8 bridgehead atoms. The Morgan fingerprint density at radius 3 is 1.27 bits per heavy atom. The van der Waals surface area contributed by atoms with Gasteiger partial charge in [-0.2, -0.15) is 0 Å². The van der Waals surface area contributed by atoms with Gasteiger partial charge in [-0.15, -0.1) is 0 Å². The summed E-state index contributed by atoms with van der Waals surface area (Å²) >= 11 is 0. The van der Waals surface area contributed by atoms with Crippen LogP contribution in [0, 0.1) is 23.7 Å². The smallest absolute Gasteiger partial charge is 0.335 e. The molecule has 0 amide bonds. The number of rotatable bonds is 16. The van der Waals surface area contributed by atoms with Gasteiger partial charge in [-0.25, -0.2) is 29.1 Å². The number of ether oxygens (including phenoxy) is 4. The summed E-state index contributed by atoms with van der Waals surface area (Å²) in [5.74, 6) is -1.47. The Balaban J connectivity index is 0.00000860. The van der Waals surface area contributed by atoms with Crippen LogP contribution in [0.1, 0.15) is 78.2 Å². The van der Waals surface area contributed by atoms with Gasteiger partial charge >= 0.3 is 46.9 Å². The summed E-state index contributed by atoms with van der Waals surface area (Å²) in [5.41, 5.74) is 7.77. The molecule has 3 aromatic heterocycles. The van der Waals surface area contributed by atoms with Gasteiger partial charge < -0.3 is 28.5 Å². The molecule has 0 atom stereocenters. The molecule has 2 aliphatic rings. The molecule has 0 radical (unpaired) electrons. The fourth-order valence-electron chi connectivity index (χ4n) is 9.01. The largest absolute Gasteiger partial charge is 0.423 e. The van der Waals surface area contributed by atoms with E-state index in [-0.39, 0.29) is 69.7 Å². The van der Waals surface area contributed by atoms with Gasteiger partial charge in [0, 0.05) is 68.7 Å². The van der Waals surface area contributed by atoms with Crippen LogP contribution in [0.3, 0.4) is 0 Å². The molecule has 406 valence electrons. The standard InChI is InChI=1S/C68H62N4O8.Mg.2H/c1-42(2)25-35-61(73)77-57-21-13-9-17-51(57)65-54-34-33-49(71-54)40-48-30-29-46(69-48)39-47-31-32-50(70-47)41-56-66(52-18-10-14-22-58(52)78-62(74)36-26-43(3)4)67(53-19-11-15-23-59(53)79-63(75)37-27-44(5)6)68(65)72(56)55-20-12-16-24-60(55)80-64(76)38-28-45(7)8;;;/h9-45,69H,1-8H3;;;. The normalized spacial score (nSPS) is 12.2.